The molecule has 0 spiro atoms. The van der Waals surface area contributed by atoms with Gasteiger partial charge in [0, 0.05) is 23.9 Å². The SMILES string of the molecule is CN(C)CCn1nc(-c2ccc(S(C)(=O)=O)cc2)c(-c2ccccc2)c1C(F)(F)F. The third kappa shape index (κ3) is 4.73. The Labute approximate surface area is 173 Å². The van der Waals surface area contributed by atoms with E-state index in [4.69, 9.17) is 0 Å². The Morgan fingerprint density at radius 1 is 0.967 bits per heavy atom. The van der Waals surface area contributed by atoms with Crippen molar-refractivity contribution in [2.24, 2.45) is 0 Å². The summed E-state index contributed by atoms with van der Waals surface area (Å²) >= 11 is 0. The van der Waals surface area contributed by atoms with Gasteiger partial charge < -0.3 is 4.90 Å². The third-order valence-corrected chi connectivity index (χ3v) is 5.73. The van der Waals surface area contributed by atoms with Crippen molar-refractivity contribution >= 4 is 9.84 Å². The van der Waals surface area contributed by atoms with Crippen molar-refractivity contribution < 1.29 is 21.6 Å². The first-order valence-corrected chi connectivity index (χ1v) is 11.1. The van der Waals surface area contributed by atoms with Gasteiger partial charge in [0.05, 0.1) is 11.4 Å². The second kappa shape index (κ2) is 8.23. The summed E-state index contributed by atoms with van der Waals surface area (Å²) in [6, 6.07) is 14.0. The lowest BCUT2D eigenvalue weighted by Crippen LogP contribution is -2.23. The van der Waals surface area contributed by atoms with Gasteiger partial charge in [0.1, 0.15) is 5.69 Å². The number of alkyl halides is 3. The highest BCUT2D eigenvalue weighted by molar-refractivity contribution is 7.90. The van der Waals surface area contributed by atoms with Crippen LogP contribution in [0.25, 0.3) is 22.4 Å². The van der Waals surface area contributed by atoms with Crippen molar-refractivity contribution in [3.8, 4) is 22.4 Å². The van der Waals surface area contributed by atoms with Crippen LogP contribution in [-0.2, 0) is 22.6 Å². The summed E-state index contributed by atoms with van der Waals surface area (Å²) in [5.74, 6) is 0. The fraction of sp³-hybridized carbons (Fsp3) is 0.286. The van der Waals surface area contributed by atoms with Gasteiger partial charge >= 0.3 is 6.18 Å². The number of rotatable bonds is 6. The highest BCUT2D eigenvalue weighted by atomic mass is 32.2. The van der Waals surface area contributed by atoms with Crippen molar-refractivity contribution in [1.29, 1.82) is 0 Å². The first kappa shape index (κ1) is 22.0. The number of benzene rings is 2. The van der Waals surface area contributed by atoms with E-state index < -0.39 is 21.7 Å². The van der Waals surface area contributed by atoms with Gasteiger partial charge in [0.2, 0.25) is 0 Å². The number of hydrogen-bond donors (Lipinski definition) is 0. The van der Waals surface area contributed by atoms with Crippen LogP contribution in [0.5, 0.6) is 0 Å². The number of aromatic nitrogens is 2. The lowest BCUT2D eigenvalue weighted by atomic mass is 9.98. The molecule has 5 nitrogen and oxygen atoms in total. The fourth-order valence-corrected chi connectivity index (χ4v) is 3.78. The van der Waals surface area contributed by atoms with Gasteiger partial charge in [-0.05, 0) is 31.8 Å². The predicted octanol–water partition coefficient (Wildman–Crippen LogP) is 4.20. The van der Waals surface area contributed by atoms with Crippen LogP contribution in [0.1, 0.15) is 5.69 Å². The minimum Gasteiger partial charge on any atom is -0.308 e. The smallest absolute Gasteiger partial charge is 0.308 e. The van der Waals surface area contributed by atoms with Gasteiger partial charge in [0.15, 0.2) is 15.5 Å². The van der Waals surface area contributed by atoms with Crippen LogP contribution >= 0.6 is 0 Å². The van der Waals surface area contributed by atoms with E-state index in [9.17, 15) is 21.6 Å². The summed E-state index contributed by atoms with van der Waals surface area (Å²) in [7, 11) is 0.135. The van der Waals surface area contributed by atoms with E-state index in [0.717, 1.165) is 10.9 Å². The molecule has 0 amide bonds. The van der Waals surface area contributed by atoms with Crippen LogP contribution < -0.4 is 0 Å². The largest absolute Gasteiger partial charge is 0.433 e. The molecule has 0 unspecified atom stereocenters. The van der Waals surface area contributed by atoms with E-state index in [2.05, 4.69) is 5.10 Å². The molecule has 0 aliphatic heterocycles. The van der Waals surface area contributed by atoms with Gasteiger partial charge in [-0.1, -0.05) is 42.5 Å². The molecule has 0 aliphatic rings. The maximum atomic E-state index is 14.1. The van der Waals surface area contributed by atoms with Gasteiger partial charge in [-0.2, -0.15) is 18.3 Å². The van der Waals surface area contributed by atoms with Gasteiger partial charge in [0.25, 0.3) is 0 Å². The summed E-state index contributed by atoms with van der Waals surface area (Å²) in [5.41, 5.74) is 0.123. The quantitative estimate of drug-likeness (QED) is 0.580. The maximum absolute atomic E-state index is 14.1. The van der Waals surface area contributed by atoms with Gasteiger partial charge in [-0.15, -0.1) is 0 Å². The zero-order valence-electron chi connectivity index (χ0n) is 16.8. The Kier molecular flexibility index (Phi) is 6.05. The summed E-state index contributed by atoms with van der Waals surface area (Å²) in [5, 5.41) is 4.31. The van der Waals surface area contributed by atoms with Crippen LogP contribution in [0.15, 0.2) is 59.5 Å². The summed E-state index contributed by atoms with van der Waals surface area (Å²) < 4.78 is 66.8. The minimum atomic E-state index is -4.62. The molecule has 0 saturated carbocycles. The molecule has 1 heterocycles. The second-order valence-electron chi connectivity index (χ2n) is 7.26. The molecule has 0 fully saturated rings. The first-order valence-electron chi connectivity index (χ1n) is 9.17. The minimum absolute atomic E-state index is 0.0195. The van der Waals surface area contributed by atoms with Crippen molar-refractivity contribution in [3.63, 3.8) is 0 Å². The number of halogens is 3. The van der Waals surface area contributed by atoms with E-state index >= 15 is 0 Å². The average molecular weight is 437 g/mol. The van der Waals surface area contributed by atoms with E-state index in [-0.39, 0.29) is 22.7 Å². The van der Waals surface area contributed by atoms with Crippen molar-refractivity contribution in [2.75, 3.05) is 26.9 Å². The molecular formula is C21H22F3N3O2S. The topological polar surface area (TPSA) is 55.2 Å². The number of hydrogen-bond acceptors (Lipinski definition) is 4. The molecule has 0 radical (unpaired) electrons. The third-order valence-electron chi connectivity index (χ3n) is 4.60. The Bertz CT molecular complexity index is 1120. The second-order valence-corrected chi connectivity index (χ2v) is 9.27. The van der Waals surface area contributed by atoms with Crippen LogP contribution in [-0.4, -0.2) is 50.0 Å². The highest BCUT2D eigenvalue weighted by Gasteiger charge is 2.40. The lowest BCUT2D eigenvalue weighted by Gasteiger charge is -2.15. The molecule has 0 aliphatic carbocycles. The monoisotopic (exact) mass is 437 g/mol. The molecular weight excluding hydrogens is 415 g/mol. The summed E-state index contributed by atoms with van der Waals surface area (Å²) in [6.07, 6.45) is -3.54. The van der Waals surface area contributed by atoms with Gasteiger partial charge in [-0.25, -0.2) is 8.42 Å². The fourth-order valence-electron chi connectivity index (χ4n) is 3.15. The van der Waals surface area contributed by atoms with Crippen LogP contribution in [0, 0.1) is 0 Å². The van der Waals surface area contributed by atoms with Crippen LogP contribution in [0.3, 0.4) is 0 Å². The maximum Gasteiger partial charge on any atom is 0.433 e. The molecule has 0 saturated heterocycles. The molecule has 0 N–H and O–H groups in total. The van der Waals surface area contributed by atoms with E-state index in [1.54, 1.807) is 49.3 Å². The Balaban J connectivity index is 2.26. The highest BCUT2D eigenvalue weighted by Crippen LogP contribution is 2.42. The normalized spacial score (nSPS) is 12.5. The van der Waals surface area contributed by atoms with Crippen molar-refractivity contribution in [1.82, 2.24) is 14.7 Å². The first-order chi connectivity index (χ1) is 14.0. The van der Waals surface area contributed by atoms with E-state index in [0.29, 0.717) is 17.7 Å². The predicted molar refractivity (Wildman–Crippen MR) is 110 cm³/mol. The zero-order chi connectivity index (χ0) is 22.1. The number of nitrogens with zero attached hydrogens (tertiary/aromatic N) is 3. The Hall–Kier alpha value is -2.65. The molecule has 1 aromatic heterocycles. The van der Waals surface area contributed by atoms with Gasteiger partial charge in [-0.3, -0.25) is 4.68 Å². The van der Waals surface area contributed by atoms with E-state index in [1.807, 2.05) is 0 Å². The standard InChI is InChI=1S/C21H22F3N3O2S/c1-26(2)13-14-27-20(21(22,23)24)18(15-7-5-4-6-8-15)19(25-27)16-9-11-17(12-10-16)30(3,28)29/h4-12H,13-14H2,1-3H3. The molecule has 0 bridgehead atoms. The van der Waals surface area contributed by atoms with Crippen molar-refractivity contribution in [3.05, 3.63) is 60.3 Å². The number of sulfone groups is 1. The number of likely N-dealkylation sites (N-methyl/N-ethyl adjacent to an activating group) is 1. The molecule has 30 heavy (non-hydrogen) atoms. The van der Waals surface area contributed by atoms with Crippen molar-refractivity contribution in [2.45, 2.75) is 17.6 Å². The van der Waals surface area contributed by atoms with Crippen LogP contribution in [0.4, 0.5) is 13.2 Å². The van der Waals surface area contributed by atoms with E-state index in [1.165, 1.54) is 24.3 Å². The molecule has 160 valence electrons. The summed E-state index contributed by atoms with van der Waals surface area (Å²) in [6.45, 7) is 0.439. The summed E-state index contributed by atoms with van der Waals surface area (Å²) in [4.78, 5) is 1.88. The average Bonchev–Trinajstić information content (AvgIpc) is 3.06. The molecule has 3 aromatic rings. The molecule has 2 aromatic carbocycles. The Morgan fingerprint density at radius 3 is 2.07 bits per heavy atom. The zero-order valence-corrected chi connectivity index (χ0v) is 17.6. The molecule has 9 heteroatoms. The molecule has 3 rings (SSSR count). The Morgan fingerprint density at radius 2 is 1.57 bits per heavy atom. The van der Waals surface area contributed by atoms with Crippen LogP contribution in [0.2, 0.25) is 0 Å². The lowest BCUT2D eigenvalue weighted by molar-refractivity contribution is -0.143. The molecule has 0 atom stereocenters.